The average molecular weight is 207 g/mol. The van der Waals surface area contributed by atoms with E-state index in [4.69, 9.17) is 10.2 Å². The molecule has 0 radical (unpaired) electrons. The molecule has 0 aliphatic heterocycles. The molecule has 2 aromatic heterocycles. The molecule has 0 unspecified atom stereocenters. The van der Waals surface area contributed by atoms with Crippen molar-refractivity contribution in [2.24, 2.45) is 5.73 Å². The van der Waals surface area contributed by atoms with Gasteiger partial charge in [-0.25, -0.2) is 9.97 Å². The quantitative estimate of drug-likeness (QED) is 0.780. The Bertz CT molecular complexity index is 466. The van der Waals surface area contributed by atoms with Crippen molar-refractivity contribution in [3.8, 4) is 0 Å². The third-order valence-corrected chi connectivity index (χ3v) is 2.05. The molecule has 6 heteroatoms. The van der Waals surface area contributed by atoms with Crippen LogP contribution in [0.25, 0.3) is 11.2 Å². The van der Waals surface area contributed by atoms with Crippen molar-refractivity contribution in [3.05, 3.63) is 12.1 Å². The molecule has 0 spiro atoms. The number of anilines is 1. The summed E-state index contributed by atoms with van der Waals surface area (Å²) < 4.78 is 5.32. The van der Waals surface area contributed by atoms with E-state index in [1.165, 1.54) is 0 Å². The first kappa shape index (κ1) is 9.85. The van der Waals surface area contributed by atoms with Crippen molar-refractivity contribution < 1.29 is 4.42 Å². The van der Waals surface area contributed by atoms with Crippen LogP contribution in [0, 0.1) is 6.92 Å². The molecular weight excluding hydrogens is 194 g/mol. The Kier molecular flexibility index (Phi) is 2.51. The molecule has 0 saturated heterocycles. The number of hydrogen-bond acceptors (Lipinski definition) is 6. The Morgan fingerprint density at radius 2 is 2.27 bits per heavy atom. The number of nitrogens with two attached hydrogens (primary N) is 1. The highest BCUT2D eigenvalue weighted by molar-refractivity contribution is 5.68. The average Bonchev–Trinajstić information content (AvgIpc) is 2.57. The molecule has 2 heterocycles. The van der Waals surface area contributed by atoms with Gasteiger partial charge in [-0.2, -0.15) is 4.98 Å². The molecule has 0 aliphatic rings. The van der Waals surface area contributed by atoms with E-state index in [2.05, 4.69) is 15.0 Å². The van der Waals surface area contributed by atoms with Crippen LogP contribution >= 0.6 is 0 Å². The minimum atomic E-state index is 0.515. The second kappa shape index (κ2) is 3.82. The van der Waals surface area contributed by atoms with Gasteiger partial charge in [-0.15, -0.1) is 0 Å². The van der Waals surface area contributed by atoms with Crippen LogP contribution in [0.4, 0.5) is 5.95 Å². The largest absolute Gasteiger partial charge is 0.422 e. The number of likely N-dealkylation sites (N-methyl/N-ethyl adjacent to an activating group) is 1. The van der Waals surface area contributed by atoms with Gasteiger partial charge in [-0.1, -0.05) is 0 Å². The highest BCUT2D eigenvalue weighted by atomic mass is 16.4. The van der Waals surface area contributed by atoms with Gasteiger partial charge in [-0.3, -0.25) is 0 Å². The summed E-state index contributed by atoms with van der Waals surface area (Å²) in [6.45, 7) is 3.05. The van der Waals surface area contributed by atoms with E-state index in [1.807, 2.05) is 11.9 Å². The van der Waals surface area contributed by atoms with E-state index in [0.29, 0.717) is 36.2 Å². The first-order chi connectivity index (χ1) is 7.20. The molecule has 2 aromatic rings. The number of nitrogens with zero attached hydrogens (tertiary/aromatic N) is 4. The van der Waals surface area contributed by atoms with Crippen LogP contribution in [0.3, 0.4) is 0 Å². The zero-order valence-electron chi connectivity index (χ0n) is 8.77. The molecule has 2 N–H and O–H groups in total. The van der Waals surface area contributed by atoms with Crippen LogP contribution in [0.15, 0.2) is 10.6 Å². The standard InChI is InChI=1S/C9H13N5O/c1-6-12-7-5-11-9(13-8(7)15-6)14(2)4-3-10/h5H,3-4,10H2,1-2H3. The second-order valence-corrected chi connectivity index (χ2v) is 3.30. The maximum absolute atomic E-state index is 5.45. The van der Waals surface area contributed by atoms with Crippen molar-refractivity contribution in [2.75, 3.05) is 25.0 Å². The predicted molar refractivity (Wildman–Crippen MR) is 56.7 cm³/mol. The molecule has 0 aliphatic carbocycles. The Morgan fingerprint density at radius 1 is 1.47 bits per heavy atom. The molecule has 0 fully saturated rings. The zero-order valence-corrected chi connectivity index (χ0v) is 8.77. The number of oxazole rings is 1. The van der Waals surface area contributed by atoms with Gasteiger partial charge in [0.1, 0.15) is 5.52 Å². The Morgan fingerprint density at radius 3 is 3.00 bits per heavy atom. The van der Waals surface area contributed by atoms with Gasteiger partial charge in [0, 0.05) is 27.1 Å². The highest BCUT2D eigenvalue weighted by Gasteiger charge is 2.08. The maximum Gasteiger partial charge on any atom is 0.251 e. The van der Waals surface area contributed by atoms with Crippen molar-refractivity contribution in [3.63, 3.8) is 0 Å². The number of rotatable bonds is 3. The first-order valence-electron chi connectivity index (χ1n) is 4.72. The second-order valence-electron chi connectivity index (χ2n) is 3.30. The lowest BCUT2D eigenvalue weighted by atomic mass is 10.5. The van der Waals surface area contributed by atoms with Crippen LogP contribution in [-0.2, 0) is 0 Å². The van der Waals surface area contributed by atoms with Crippen LogP contribution in [0.1, 0.15) is 5.89 Å². The van der Waals surface area contributed by atoms with E-state index in [-0.39, 0.29) is 0 Å². The lowest BCUT2D eigenvalue weighted by molar-refractivity contribution is 0.550. The van der Waals surface area contributed by atoms with Crippen molar-refractivity contribution in [1.82, 2.24) is 15.0 Å². The molecule has 80 valence electrons. The summed E-state index contributed by atoms with van der Waals surface area (Å²) in [6, 6.07) is 0. The minimum Gasteiger partial charge on any atom is -0.422 e. The Balaban J connectivity index is 2.37. The molecule has 0 saturated carbocycles. The number of aryl methyl sites for hydroxylation is 1. The van der Waals surface area contributed by atoms with Crippen LogP contribution in [0.2, 0.25) is 0 Å². The number of fused-ring (bicyclic) bond motifs is 1. The summed E-state index contributed by atoms with van der Waals surface area (Å²) >= 11 is 0. The lowest BCUT2D eigenvalue weighted by Crippen LogP contribution is -2.26. The summed E-state index contributed by atoms with van der Waals surface area (Å²) in [4.78, 5) is 14.4. The van der Waals surface area contributed by atoms with Gasteiger partial charge >= 0.3 is 0 Å². The van der Waals surface area contributed by atoms with Crippen LogP contribution in [0.5, 0.6) is 0 Å². The fourth-order valence-corrected chi connectivity index (χ4v) is 1.31. The number of aromatic nitrogens is 3. The van der Waals surface area contributed by atoms with Gasteiger partial charge in [0.25, 0.3) is 5.71 Å². The third kappa shape index (κ3) is 1.89. The lowest BCUT2D eigenvalue weighted by Gasteiger charge is -2.14. The zero-order chi connectivity index (χ0) is 10.8. The van der Waals surface area contributed by atoms with Crippen molar-refractivity contribution in [1.29, 1.82) is 0 Å². The monoisotopic (exact) mass is 207 g/mol. The Hall–Kier alpha value is -1.69. The number of hydrogen-bond donors (Lipinski definition) is 1. The van der Waals surface area contributed by atoms with Crippen molar-refractivity contribution >= 4 is 17.2 Å². The van der Waals surface area contributed by atoms with E-state index < -0.39 is 0 Å². The van der Waals surface area contributed by atoms with Gasteiger partial charge in [0.15, 0.2) is 5.89 Å². The summed E-state index contributed by atoms with van der Waals surface area (Å²) in [6.07, 6.45) is 1.65. The van der Waals surface area contributed by atoms with Gasteiger partial charge in [0.2, 0.25) is 5.95 Å². The molecule has 0 aromatic carbocycles. The molecule has 15 heavy (non-hydrogen) atoms. The first-order valence-corrected chi connectivity index (χ1v) is 4.72. The minimum absolute atomic E-state index is 0.515. The fraction of sp³-hybridized carbons (Fsp3) is 0.444. The van der Waals surface area contributed by atoms with E-state index >= 15 is 0 Å². The maximum atomic E-state index is 5.45. The van der Waals surface area contributed by atoms with Gasteiger partial charge in [0.05, 0.1) is 6.20 Å². The van der Waals surface area contributed by atoms with Crippen LogP contribution < -0.4 is 10.6 Å². The summed E-state index contributed by atoms with van der Waals surface area (Å²) in [5.74, 6) is 1.20. The SMILES string of the molecule is Cc1nc2cnc(N(C)CCN)nc2o1. The molecule has 0 amide bonds. The molecule has 2 rings (SSSR count). The van der Waals surface area contributed by atoms with Crippen LogP contribution in [-0.4, -0.2) is 35.1 Å². The van der Waals surface area contributed by atoms with E-state index in [9.17, 15) is 0 Å². The predicted octanol–water partition coefficient (Wildman–Crippen LogP) is 0.321. The smallest absolute Gasteiger partial charge is 0.251 e. The van der Waals surface area contributed by atoms with Gasteiger partial charge in [-0.05, 0) is 0 Å². The molecule has 0 bridgehead atoms. The Labute approximate surface area is 87.1 Å². The normalized spacial score (nSPS) is 10.9. The third-order valence-electron chi connectivity index (χ3n) is 2.05. The summed E-state index contributed by atoms with van der Waals surface area (Å²) in [7, 11) is 1.89. The topological polar surface area (TPSA) is 81.1 Å². The van der Waals surface area contributed by atoms with E-state index in [0.717, 1.165) is 0 Å². The highest BCUT2D eigenvalue weighted by Crippen LogP contribution is 2.14. The van der Waals surface area contributed by atoms with Crippen molar-refractivity contribution in [2.45, 2.75) is 6.92 Å². The van der Waals surface area contributed by atoms with E-state index in [1.54, 1.807) is 13.1 Å². The molecule has 6 nitrogen and oxygen atoms in total. The molecular formula is C9H13N5O. The fourth-order valence-electron chi connectivity index (χ4n) is 1.31. The molecule has 0 atom stereocenters. The van der Waals surface area contributed by atoms with Gasteiger partial charge < -0.3 is 15.1 Å². The summed E-state index contributed by atoms with van der Waals surface area (Å²) in [5.41, 5.74) is 6.64. The summed E-state index contributed by atoms with van der Waals surface area (Å²) in [5, 5.41) is 0.